The van der Waals surface area contributed by atoms with E-state index in [0.717, 1.165) is 17.1 Å². The molecule has 5 heteroatoms. The van der Waals surface area contributed by atoms with Gasteiger partial charge in [-0.2, -0.15) is 5.10 Å². The van der Waals surface area contributed by atoms with Crippen LogP contribution < -0.4 is 10.2 Å². The van der Waals surface area contributed by atoms with E-state index in [-0.39, 0.29) is 5.91 Å². The van der Waals surface area contributed by atoms with Crippen LogP contribution in [0.4, 0.5) is 0 Å². The maximum atomic E-state index is 11.8. The van der Waals surface area contributed by atoms with Crippen LogP contribution in [0.3, 0.4) is 0 Å². The van der Waals surface area contributed by atoms with Crippen molar-refractivity contribution in [3.8, 4) is 5.75 Å². The highest BCUT2D eigenvalue weighted by molar-refractivity contribution is 7.99. The molecule has 0 atom stereocenters. The second kappa shape index (κ2) is 10.6. The second-order valence-electron chi connectivity index (χ2n) is 5.98. The molecule has 0 heterocycles. The van der Waals surface area contributed by atoms with Gasteiger partial charge < -0.3 is 4.74 Å². The fourth-order valence-electron chi connectivity index (χ4n) is 1.93. The van der Waals surface area contributed by atoms with Gasteiger partial charge in [0.15, 0.2) is 0 Å². The number of thioether (sulfide) groups is 1. The molecule has 1 N–H and O–H groups in total. The average Bonchev–Trinajstić information content (AvgIpc) is 2.62. The molecule has 0 fully saturated rings. The van der Waals surface area contributed by atoms with Gasteiger partial charge in [-0.1, -0.05) is 32.0 Å². The van der Waals surface area contributed by atoms with E-state index in [9.17, 15) is 4.79 Å². The van der Waals surface area contributed by atoms with Crippen molar-refractivity contribution < 1.29 is 9.53 Å². The zero-order valence-electron chi connectivity index (χ0n) is 14.6. The molecular weight excluding hydrogens is 332 g/mol. The molecule has 0 bridgehead atoms. The highest BCUT2D eigenvalue weighted by Gasteiger charge is 2.01. The Hall–Kier alpha value is -2.27. The number of hydrogen-bond acceptors (Lipinski definition) is 4. The summed E-state index contributed by atoms with van der Waals surface area (Å²) in [5, 5.41) is 4.00. The lowest BCUT2D eigenvalue weighted by atomic mass is 10.2. The third-order valence-corrected chi connectivity index (χ3v) is 4.22. The van der Waals surface area contributed by atoms with Gasteiger partial charge in [-0.05, 0) is 47.9 Å². The molecule has 2 aromatic rings. The molecule has 0 saturated carbocycles. The van der Waals surface area contributed by atoms with Gasteiger partial charge in [0.05, 0.1) is 12.8 Å². The number of carbonyl (C=O) groups excluding carboxylic acids is 1. The number of nitrogens with one attached hydrogen (secondary N) is 1. The van der Waals surface area contributed by atoms with Gasteiger partial charge in [0.2, 0.25) is 5.91 Å². The smallest absolute Gasteiger partial charge is 0.240 e. The lowest BCUT2D eigenvalue weighted by molar-refractivity contribution is -0.120. The zero-order chi connectivity index (χ0) is 17.9. The fraction of sp³-hybridized carbons (Fsp3) is 0.300. The summed E-state index contributed by atoms with van der Waals surface area (Å²) in [6, 6.07) is 17.7. The molecule has 0 aromatic heterocycles. The van der Waals surface area contributed by atoms with E-state index in [4.69, 9.17) is 4.74 Å². The van der Waals surface area contributed by atoms with E-state index in [2.05, 4.69) is 24.4 Å². The van der Waals surface area contributed by atoms with Gasteiger partial charge in [0.25, 0.3) is 0 Å². The van der Waals surface area contributed by atoms with Gasteiger partial charge in [-0.25, -0.2) is 5.43 Å². The van der Waals surface area contributed by atoms with Gasteiger partial charge in [-0.3, -0.25) is 4.79 Å². The van der Waals surface area contributed by atoms with Crippen molar-refractivity contribution in [3.63, 3.8) is 0 Å². The maximum Gasteiger partial charge on any atom is 0.240 e. The van der Waals surface area contributed by atoms with Crippen LogP contribution in [0.15, 0.2) is 64.6 Å². The minimum atomic E-state index is -0.0865. The highest BCUT2D eigenvalue weighted by Crippen LogP contribution is 2.17. The van der Waals surface area contributed by atoms with Crippen molar-refractivity contribution in [2.24, 2.45) is 11.0 Å². The van der Waals surface area contributed by atoms with Crippen LogP contribution in [-0.2, 0) is 4.79 Å². The van der Waals surface area contributed by atoms with Gasteiger partial charge in [0, 0.05) is 17.1 Å². The SMILES string of the molecule is CC(C)COc1ccc(/C=N\NC(=O)CCSc2ccccc2)cc1. The van der Waals surface area contributed by atoms with Crippen LogP contribution in [0.5, 0.6) is 5.75 Å². The quantitative estimate of drug-likeness (QED) is 0.413. The van der Waals surface area contributed by atoms with E-state index in [1.165, 1.54) is 4.90 Å². The molecular formula is C20H24N2O2S. The van der Waals surface area contributed by atoms with Crippen molar-refractivity contribution in [2.75, 3.05) is 12.4 Å². The van der Waals surface area contributed by atoms with Crippen LogP contribution in [0.1, 0.15) is 25.8 Å². The number of hydrazone groups is 1. The normalized spacial score (nSPS) is 11.0. The topological polar surface area (TPSA) is 50.7 Å². The minimum Gasteiger partial charge on any atom is -0.493 e. The summed E-state index contributed by atoms with van der Waals surface area (Å²) in [6.07, 6.45) is 2.06. The van der Waals surface area contributed by atoms with Gasteiger partial charge in [0.1, 0.15) is 5.75 Å². The molecule has 0 unspecified atom stereocenters. The van der Waals surface area contributed by atoms with E-state index in [1.807, 2.05) is 54.6 Å². The molecule has 0 aliphatic carbocycles. The number of benzene rings is 2. The summed E-state index contributed by atoms with van der Waals surface area (Å²) < 4.78 is 5.63. The Morgan fingerprint density at radius 1 is 1.16 bits per heavy atom. The molecule has 2 rings (SSSR count). The third kappa shape index (κ3) is 7.90. The molecule has 0 radical (unpaired) electrons. The van der Waals surface area contributed by atoms with E-state index >= 15 is 0 Å². The first-order valence-corrected chi connectivity index (χ1v) is 9.34. The molecule has 2 aromatic carbocycles. The van der Waals surface area contributed by atoms with Crippen molar-refractivity contribution in [2.45, 2.75) is 25.2 Å². The molecule has 0 saturated heterocycles. The van der Waals surface area contributed by atoms with Crippen LogP contribution >= 0.6 is 11.8 Å². The van der Waals surface area contributed by atoms with Crippen molar-refractivity contribution >= 4 is 23.9 Å². The van der Waals surface area contributed by atoms with Crippen LogP contribution in [-0.4, -0.2) is 24.5 Å². The number of rotatable bonds is 9. The Balaban J connectivity index is 1.68. The molecule has 132 valence electrons. The van der Waals surface area contributed by atoms with Crippen molar-refractivity contribution in [1.29, 1.82) is 0 Å². The monoisotopic (exact) mass is 356 g/mol. The van der Waals surface area contributed by atoms with Gasteiger partial charge >= 0.3 is 0 Å². The summed E-state index contributed by atoms with van der Waals surface area (Å²) >= 11 is 1.66. The molecule has 0 aliphatic heterocycles. The van der Waals surface area contributed by atoms with Crippen LogP contribution in [0.25, 0.3) is 0 Å². The number of amides is 1. The molecule has 25 heavy (non-hydrogen) atoms. The van der Waals surface area contributed by atoms with E-state index < -0.39 is 0 Å². The van der Waals surface area contributed by atoms with Crippen LogP contribution in [0, 0.1) is 5.92 Å². The molecule has 1 amide bonds. The predicted molar refractivity (Wildman–Crippen MR) is 104 cm³/mol. The summed E-state index contributed by atoms with van der Waals surface area (Å²) in [7, 11) is 0. The summed E-state index contributed by atoms with van der Waals surface area (Å²) in [5.41, 5.74) is 3.47. The molecule has 0 aliphatic rings. The lowest BCUT2D eigenvalue weighted by Gasteiger charge is -2.08. The number of carbonyl (C=O) groups is 1. The Labute approximate surface area is 153 Å². The number of ether oxygens (including phenoxy) is 1. The van der Waals surface area contributed by atoms with Crippen LogP contribution in [0.2, 0.25) is 0 Å². The minimum absolute atomic E-state index is 0.0865. The number of hydrogen-bond donors (Lipinski definition) is 1. The number of nitrogens with zero attached hydrogens (tertiary/aromatic N) is 1. The Morgan fingerprint density at radius 3 is 2.56 bits per heavy atom. The Bertz CT molecular complexity index is 670. The van der Waals surface area contributed by atoms with E-state index in [0.29, 0.717) is 18.9 Å². The third-order valence-electron chi connectivity index (χ3n) is 3.21. The largest absolute Gasteiger partial charge is 0.493 e. The standard InChI is InChI=1S/C20H24N2O2S/c1-16(2)15-24-18-10-8-17(9-11-18)14-21-22-20(23)12-13-25-19-6-4-3-5-7-19/h3-11,14,16H,12-13,15H2,1-2H3,(H,22,23)/b21-14-. The average molecular weight is 356 g/mol. The fourth-order valence-corrected chi connectivity index (χ4v) is 2.80. The molecule has 4 nitrogen and oxygen atoms in total. The molecule has 0 spiro atoms. The van der Waals surface area contributed by atoms with Crippen molar-refractivity contribution in [1.82, 2.24) is 5.43 Å². The van der Waals surface area contributed by atoms with Gasteiger partial charge in [-0.15, -0.1) is 11.8 Å². The zero-order valence-corrected chi connectivity index (χ0v) is 15.5. The van der Waals surface area contributed by atoms with Crippen molar-refractivity contribution in [3.05, 3.63) is 60.2 Å². The summed E-state index contributed by atoms with van der Waals surface area (Å²) in [4.78, 5) is 12.9. The first kappa shape index (κ1) is 19.1. The summed E-state index contributed by atoms with van der Waals surface area (Å²) in [5.74, 6) is 1.98. The predicted octanol–water partition coefficient (Wildman–Crippen LogP) is 4.35. The first-order chi connectivity index (χ1) is 12.1. The maximum absolute atomic E-state index is 11.8. The summed E-state index contributed by atoms with van der Waals surface area (Å²) in [6.45, 7) is 4.93. The second-order valence-corrected chi connectivity index (χ2v) is 7.15. The highest BCUT2D eigenvalue weighted by atomic mass is 32.2. The lowest BCUT2D eigenvalue weighted by Crippen LogP contribution is -2.17. The Kier molecular flexibility index (Phi) is 8.05. The Morgan fingerprint density at radius 2 is 1.88 bits per heavy atom. The first-order valence-electron chi connectivity index (χ1n) is 8.36. The van der Waals surface area contributed by atoms with E-state index in [1.54, 1.807) is 18.0 Å².